The quantitative estimate of drug-likeness (QED) is 0.725. The first-order valence-corrected chi connectivity index (χ1v) is 8.26. The molecule has 0 aliphatic rings. The number of nitrogens with one attached hydrogen (secondary N) is 2. The first kappa shape index (κ1) is 19.9. The van der Waals surface area contributed by atoms with E-state index in [2.05, 4.69) is 15.4 Å². The molecule has 1 atom stereocenters. The van der Waals surface area contributed by atoms with Gasteiger partial charge in [0.1, 0.15) is 11.6 Å². The van der Waals surface area contributed by atoms with E-state index in [0.29, 0.717) is 18.5 Å². The Morgan fingerprint density at radius 2 is 1.88 bits per heavy atom. The van der Waals surface area contributed by atoms with Gasteiger partial charge in [0.25, 0.3) is 0 Å². The van der Waals surface area contributed by atoms with Crippen molar-refractivity contribution in [2.45, 2.75) is 26.0 Å². The number of alkyl halides is 2. The molecule has 0 saturated carbocycles. The minimum atomic E-state index is -2.86. The summed E-state index contributed by atoms with van der Waals surface area (Å²) in [6, 6.07) is 9.73. The molecule has 0 radical (unpaired) electrons. The Kier molecular flexibility index (Phi) is 7.15. The number of carbonyl (C=O) groups excluding carboxylic acids is 1. The van der Waals surface area contributed by atoms with Gasteiger partial charge in [0.2, 0.25) is 0 Å². The summed E-state index contributed by atoms with van der Waals surface area (Å²) in [6.07, 6.45) is 0.527. The second kappa shape index (κ2) is 9.33. The van der Waals surface area contributed by atoms with Crippen LogP contribution in [0.1, 0.15) is 24.1 Å². The number of halogens is 4. The van der Waals surface area contributed by atoms with Crippen LogP contribution < -0.4 is 15.4 Å². The molecule has 0 bridgehead atoms. The van der Waals surface area contributed by atoms with Gasteiger partial charge in [-0.15, -0.1) is 0 Å². The van der Waals surface area contributed by atoms with Crippen LogP contribution in [0.3, 0.4) is 0 Å². The average Bonchev–Trinajstić information content (AvgIpc) is 2.58. The molecule has 4 nitrogen and oxygen atoms in total. The summed E-state index contributed by atoms with van der Waals surface area (Å²) < 4.78 is 41.6. The standard InChI is InChI=1S/C18H18ClF3N2O2/c1-11(13-4-7-16(20)15(19)10-13)24-18(25)23-9-8-12-2-5-14(6-3-12)26-17(21)22/h2-7,10-11,17H,8-9H2,1H3,(H2,23,24,25). The van der Waals surface area contributed by atoms with Crippen LogP contribution in [0, 0.1) is 5.82 Å². The normalized spacial score (nSPS) is 11.9. The zero-order valence-corrected chi connectivity index (χ0v) is 14.7. The molecule has 0 saturated heterocycles. The summed E-state index contributed by atoms with van der Waals surface area (Å²) in [6.45, 7) is -0.743. The van der Waals surface area contributed by atoms with Crippen LogP contribution in [0.4, 0.5) is 18.0 Å². The molecule has 2 aromatic carbocycles. The van der Waals surface area contributed by atoms with Gasteiger partial charge in [0.15, 0.2) is 0 Å². The van der Waals surface area contributed by atoms with Crippen LogP contribution in [-0.2, 0) is 6.42 Å². The highest BCUT2D eigenvalue weighted by molar-refractivity contribution is 6.30. The molecule has 8 heteroatoms. The smallest absolute Gasteiger partial charge is 0.387 e. The number of urea groups is 1. The van der Waals surface area contributed by atoms with Crippen molar-refractivity contribution in [3.63, 3.8) is 0 Å². The first-order valence-electron chi connectivity index (χ1n) is 7.88. The van der Waals surface area contributed by atoms with E-state index in [-0.39, 0.29) is 22.8 Å². The number of hydrogen-bond acceptors (Lipinski definition) is 2. The molecule has 2 aromatic rings. The molecule has 2 amide bonds. The second-order valence-electron chi connectivity index (χ2n) is 5.57. The predicted octanol–water partition coefficient (Wildman–Crippen LogP) is 4.68. The SMILES string of the molecule is CC(NC(=O)NCCc1ccc(OC(F)F)cc1)c1ccc(F)c(Cl)c1. The molecule has 0 aromatic heterocycles. The Balaban J connectivity index is 1.76. The van der Waals surface area contributed by atoms with Gasteiger partial charge in [0.05, 0.1) is 11.1 Å². The van der Waals surface area contributed by atoms with E-state index in [4.69, 9.17) is 11.6 Å². The lowest BCUT2D eigenvalue weighted by molar-refractivity contribution is -0.0498. The summed E-state index contributed by atoms with van der Waals surface area (Å²) >= 11 is 5.73. The lowest BCUT2D eigenvalue weighted by Gasteiger charge is -2.15. The van der Waals surface area contributed by atoms with Gasteiger partial charge in [-0.2, -0.15) is 8.78 Å². The van der Waals surface area contributed by atoms with Crippen molar-refractivity contribution in [3.8, 4) is 5.75 Å². The Morgan fingerprint density at radius 1 is 1.19 bits per heavy atom. The molecular formula is C18H18ClF3N2O2. The van der Waals surface area contributed by atoms with Crippen LogP contribution in [-0.4, -0.2) is 19.2 Å². The van der Waals surface area contributed by atoms with E-state index in [1.807, 2.05) is 0 Å². The fourth-order valence-electron chi connectivity index (χ4n) is 2.27. The van der Waals surface area contributed by atoms with Crippen molar-refractivity contribution in [1.29, 1.82) is 0 Å². The van der Waals surface area contributed by atoms with E-state index < -0.39 is 12.4 Å². The lowest BCUT2D eigenvalue weighted by atomic mass is 10.1. The maximum atomic E-state index is 13.2. The van der Waals surface area contributed by atoms with E-state index in [9.17, 15) is 18.0 Å². The zero-order valence-electron chi connectivity index (χ0n) is 13.9. The molecule has 1 unspecified atom stereocenters. The van der Waals surface area contributed by atoms with Gasteiger partial charge in [-0.3, -0.25) is 0 Å². The van der Waals surface area contributed by atoms with Gasteiger partial charge in [-0.1, -0.05) is 29.8 Å². The third kappa shape index (κ3) is 6.15. The third-order valence-electron chi connectivity index (χ3n) is 3.64. The maximum absolute atomic E-state index is 13.2. The summed E-state index contributed by atoms with van der Waals surface area (Å²) in [5.41, 5.74) is 1.55. The largest absolute Gasteiger partial charge is 0.435 e. The molecule has 140 valence electrons. The number of benzene rings is 2. The summed E-state index contributed by atoms with van der Waals surface area (Å²) in [5, 5.41) is 5.42. The highest BCUT2D eigenvalue weighted by atomic mass is 35.5. The van der Waals surface area contributed by atoms with Crippen molar-refractivity contribution in [1.82, 2.24) is 10.6 Å². The fourth-order valence-corrected chi connectivity index (χ4v) is 2.46. The zero-order chi connectivity index (χ0) is 19.1. The van der Waals surface area contributed by atoms with Gasteiger partial charge in [-0.05, 0) is 48.7 Å². The van der Waals surface area contributed by atoms with E-state index >= 15 is 0 Å². The minimum absolute atomic E-state index is 0.00386. The summed E-state index contributed by atoms with van der Waals surface area (Å²) in [7, 11) is 0. The molecule has 0 aliphatic carbocycles. The van der Waals surface area contributed by atoms with E-state index in [0.717, 1.165) is 5.56 Å². The topological polar surface area (TPSA) is 50.4 Å². The van der Waals surface area contributed by atoms with Crippen LogP contribution in [0.15, 0.2) is 42.5 Å². The highest BCUT2D eigenvalue weighted by Crippen LogP contribution is 2.20. The van der Waals surface area contributed by atoms with Gasteiger partial charge in [-0.25, -0.2) is 9.18 Å². The van der Waals surface area contributed by atoms with Crippen molar-refractivity contribution in [2.75, 3.05) is 6.54 Å². The van der Waals surface area contributed by atoms with Crippen molar-refractivity contribution >= 4 is 17.6 Å². The summed E-state index contributed by atoms with van der Waals surface area (Å²) in [5.74, 6) is -0.432. The Morgan fingerprint density at radius 3 is 2.50 bits per heavy atom. The molecule has 0 fully saturated rings. The second-order valence-corrected chi connectivity index (χ2v) is 5.98. The fraction of sp³-hybridized carbons (Fsp3) is 0.278. The van der Waals surface area contributed by atoms with Crippen LogP contribution in [0.5, 0.6) is 5.75 Å². The monoisotopic (exact) mass is 386 g/mol. The molecule has 26 heavy (non-hydrogen) atoms. The number of rotatable bonds is 7. The van der Waals surface area contributed by atoms with Crippen LogP contribution in [0.2, 0.25) is 5.02 Å². The number of carbonyl (C=O) groups is 1. The Labute approximate surface area is 154 Å². The molecule has 0 aliphatic heterocycles. The number of ether oxygens (including phenoxy) is 1. The Bertz CT molecular complexity index is 742. The average molecular weight is 387 g/mol. The molecule has 0 spiro atoms. The third-order valence-corrected chi connectivity index (χ3v) is 3.93. The molecule has 2 rings (SSSR count). The molecular weight excluding hydrogens is 369 g/mol. The molecule has 0 heterocycles. The first-order chi connectivity index (χ1) is 12.3. The van der Waals surface area contributed by atoms with Crippen molar-refractivity contribution < 1.29 is 22.7 Å². The lowest BCUT2D eigenvalue weighted by Crippen LogP contribution is -2.38. The van der Waals surface area contributed by atoms with E-state index in [1.54, 1.807) is 25.1 Å². The predicted molar refractivity (Wildman–Crippen MR) is 93.1 cm³/mol. The maximum Gasteiger partial charge on any atom is 0.387 e. The summed E-state index contributed by atoms with van der Waals surface area (Å²) in [4.78, 5) is 11.9. The Hall–Kier alpha value is -2.41. The van der Waals surface area contributed by atoms with Crippen molar-refractivity contribution in [3.05, 3.63) is 64.4 Å². The van der Waals surface area contributed by atoms with Gasteiger partial charge >= 0.3 is 12.6 Å². The number of amides is 2. The molecule has 2 N–H and O–H groups in total. The van der Waals surface area contributed by atoms with Crippen LogP contribution in [0.25, 0.3) is 0 Å². The number of hydrogen-bond donors (Lipinski definition) is 2. The van der Waals surface area contributed by atoms with Crippen molar-refractivity contribution in [2.24, 2.45) is 0 Å². The highest BCUT2D eigenvalue weighted by Gasteiger charge is 2.11. The van der Waals surface area contributed by atoms with Crippen LogP contribution >= 0.6 is 11.6 Å². The minimum Gasteiger partial charge on any atom is -0.435 e. The van der Waals surface area contributed by atoms with Gasteiger partial charge < -0.3 is 15.4 Å². The van der Waals surface area contributed by atoms with E-state index in [1.165, 1.54) is 24.3 Å². The van der Waals surface area contributed by atoms with Gasteiger partial charge in [0, 0.05) is 6.54 Å².